The third-order valence-corrected chi connectivity index (χ3v) is 3.43. The molecule has 0 aliphatic heterocycles. The highest BCUT2D eigenvalue weighted by molar-refractivity contribution is 6.03. The molecule has 0 saturated heterocycles. The second-order valence-electron chi connectivity index (χ2n) is 4.94. The highest BCUT2D eigenvalue weighted by Gasteiger charge is 2.45. The van der Waals surface area contributed by atoms with E-state index in [0.29, 0.717) is 0 Å². The molecule has 1 saturated carbocycles. The van der Waals surface area contributed by atoms with Crippen molar-refractivity contribution in [1.82, 2.24) is 0 Å². The van der Waals surface area contributed by atoms with Crippen LogP contribution in [0.25, 0.3) is 0 Å². The molecule has 2 N–H and O–H groups in total. The molecule has 2 rings (SSSR count). The Morgan fingerprint density at radius 1 is 1.35 bits per heavy atom. The Labute approximate surface area is 98.8 Å². The van der Waals surface area contributed by atoms with Gasteiger partial charge in [0.05, 0.1) is 11.1 Å². The average Bonchev–Trinajstić information content (AvgIpc) is 3.09. The smallest absolute Gasteiger partial charge is 0.185 e. The number of hydrogen-bond acceptors (Lipinski definition) is 2. The van der Waals surface area contributed by atoms with Crippen LogP contribution in [0.1, 0.15) is 35.7 Å². The minimum absolute atomic E-state index is 0.0822. The third kappa shape index (κ3) is 1.97. The first-order valence-electron chi connectivity index (χ1n) is 5.64. The molecule has 1 unspecified atom stereocenters. The number of benzene rings is 1. The first-order valence-corrected chi connectivity index (χ1v) is 5.64. The molecule has 1 aromatic carbocycles. The van der Waals surface area contributed by atoms with Crippen LogP contribution >= 0.6 is 0 Å². The highest BCUT2D eigenvalue weighted by atomic mass is 19.2. The fraction of sp³-hybridized carbons (Fsp3) is 0.462. The summed E-state index contributed by atoms with van der Waals surface area (Å²) in [5.74, 6) is -2.50. The number of halogens is 2. The molecule has 0 bridgehead atoms. The van der Waals surface area contributed by atoms with Crippen molar-refractivity contribution in [2.75, 3.05) is 0 Å². The monoisotopic (exact) mass is 239 g/mol. The minimum Gasteiger partial charge on any atom is -0.319 e. The molecule has 1 aliphatic rings. The van der Waals surface area contributed by atoms with E-state index in [4.69, 9.17) is 5.73 Å². The van der Waals surface area contributed by atoms with Gasteiger partial charge in [0.25, 0.3) is 0 Å². The fourth-order valence-electron chi connectivity index (χ4n) is 1.98. The molecule has 1 aliphatic carbocycles. The van der Waals surface area contributed by atoms with Crippen LogP contribution in [0, 0.1) is 24.5 Å². The van der Waals surface area contributed by atoms with Crippen molar-refractivity contribution < 1.29 is 13.6 Å². The topological polar surface area (TPSA) is 43.1 Å². The lowest BCUT2D eigenvalue weighted by Gasteiger charge is -2.23. The Hall–Kier alpha value is -1.29. The van der Waals surface area contributed by atoms with Crippen LogP contribution < -0.4 is 5.73 Å². The molecule has 0 spiro atoms. The number of aryl methyl sites for hydroxylation is 1. The number of rotatable bonds is 3. The van der Waals surface area contributed by atoms with Crippen LogP contribution in [0.4, 0.5) is 8.78 Å². The number of nitrogens with two attached hydrogens (primary N) is 1. The van der Waals surface area contributed by atoms with Gasteiger partial charge in [0.2, 0.25) is 0 Å². The lowest BCUT2D eigenvalue weighted by Crippen LogP contribution is -2.47. The van der Waals surface area contributed by atoms with Crippen molar-refractivity contribution in [2.24, 2.45) is 11.7 Å². The third-order valence-electron chi connectivity index (χ3n) is 3.43. The van der Waals surface area contributed by atoms with E-state index in [-0.39, 0.29) is 17.0 Å². The van der Waals surface area contributed by atoms with E-state index in [1.165, 1.54) is 19.1 Å². The molecule has 1 aromatic rings. The second kappa shape index (κ2) is 3.88. The van der Waals surface area contributed by atoms with Crippen molar-refractivity contribution in [1.29, 1.82) is 0 Å². The molecule has 0 heterocycles. The quantitative estimate of drug-likeness (QED) is 0.824. The Kier molecular flexibility index (Phi) is 2.78. The van der Waals surface area contributed by atoms with Gasteiger partial charge in [0.1, 0.15) is 0 Å². The van der Waals surface area contributed by atoms with Crippen molar-refractivity contribution in [3.63, 3.8) is 0 Å². The lowest BCUT2D eigenvalue weighted by atomic mass is 9.87. The van der Waals surface area contributed by atoms with Gasteiger partial charge in [-0.2, -0.15) is 0 Å². The molecule has 1 atom stereocenters. The zero-order valence-electron chi connectivity index (χ0n) is 9.89. The van der Waals surface area contributed by atoms with Gasteiger partial charge in [-0.1, -0.05) is 6.07 Å². The summed E-state index contributed by atoms with van der Waals surface area (Å²) in [6.07, 6.45) is 1.74. The summed E-state index contributed by atoms with van der Waals surface area (Å²) >= 11 is 0. The van der Waals surface area contributed by atoms with Gasteiger partial charge < -0.3 is 5.73 Å². The summed E-state index contributed by atoms with van der Waals surface area (Å²) in [6.45, 7) is 3.04. The van der Waals surface area contributed by atoms with E-state index in [2.05, 4.69) is 0 Å². The normalized spacial score (nSPS) is 18.9. The summed E-state index contributed by atoms with van der Waals surface area (Å²) in [4.78, 5) is 12.1. The van der Waals surface area contributed by atoms with E-state index in [9.17, 15) is 13.6 Å². The van der Waals surface area contributed by atoms with Crippen molar-refractivity contribution in [2.45, 2.75) is 32.2 Å². The highest BCUT2D eigenvalue weighted by Crippen LogP contribution is 2.40. The molecule has 4 heteroatoms. The molecule has 0 amide bonds. The van der Waals surface area contributed by atoms with Crippen LogP contribution in [0.3, 0.4) is 0 Å². The van der Waals surface area contributed by atoms with Gasteiger partial charge in [-0.3, -0.25) is 4.79 Å². The largest absolute Gasteiger partial charge is 0.319 e. The standard InChI is InChI=1S/C13H15F2NO/c1-7-3-6-9(11(15)10(7)14)12(17)13(2,16)8-4-5-8/h3,6,8H,4-5,16H2,1-2H3. The number of Topliss-reactive ketones (excluding diaryl/α,β-unsaturated/α-hetero) is 1. The van der Waals surface area contributed by atoms with Crippen molar-refractivity contribution in [3.8, 4) is 0 Å². The van der Waals surface area contributed by atoms with Crippen LogP contribution in [-0.2, 0) is 0 Å². The van der Waals surface area contributed by atoms with Gasteiger partial charge in [-0.25, -0.2) is 8.78 Å². The zero-order chi connectivity index (χ0) is 12.8. The fourth-order valence-corrected chi connectivity index (χ4v) is 1.98. The van der Waals surface area contributed by atoms with Crippen molar-refractivity contribution >= 4 is 5.78 Å². The molecule has 2 nitrogen and oxygen atoms in total. The summed E-state index contributed by atoms with van der Waals surface area (Å²) in [5.41, 5.74) is 4.76. The van der Waals surface area contributed by atoms with E-state index in [1.807, 2.05) is 0 Å². The molecule has 17 heavy (non-hydrogen) atoms. The molecule has 0 radical (unpaired) electrons. The van der Waals surface area contributed by atoms with E-state index in [0.717, 1.165) is 12.8 Å². The first kappa shape index (κ1) is 12.2. The van der Waals surface area contributed by atoms with Gasteiger partial charge in [-0.05, 0) is 44.2 Å². The van der Waals surface area contributed by atoms with Gasteiger partial charge >= 0.3 is 0 Å². The Morgan fingerprint density at radius 3 is 2.47 bits per heavy atom. The lowest BCUT2D eigenvalue weighted by molar-refractivity contribution is 0.0878. The second-order valence-corrected chi connectivity index (χ2v) is 4.94. The molecule has 0 aromatic heterocycles. The predicted molar refractivity (Wildman–Crippen MR) is 60.7 cm³/mol. The summed E-state index contributed by atoms with van der Waals surface area (Å²) in [6, 6.07) is 2.71. The molecular formula is C13H15F2NO. The Morgan fingerprint density at radius 2 is 1.94 bits per heavy atom. The molecular weight excluding hydrogens is 224 g/mol. The van der Waals surface area contributed by atoms with Crippen molar-refractivity contribution in [3.05, 3.63) is 34.9 Å². The van der Waals surface area contributed by atoms with Crippen LogP contribution in [0.2, 0.25) is 0 Å². The zero-order valence-corrected chi connectivity index (χ0v) is 9.89. The molecule has 1 fully saturated rings. The van der Waals surface area contributed by atoms with E-state index >= 15 is 0 Å². The Bertz CT molecular complexity index is 479. The molecule has 92 valence electrons. The van der Waals surface area contributed by atoms with Gasteiger partial charge in [-0.15, -0.1) is 0 Å². The predicted octanol–water partition coefficient (Wildman–Crippen LogP) is 2.58. The minimum atomic E-state index is -1.09. The van der Waals surface area contributed by atoms with Crippen LogP contribution in [0.5, 0.6) is 0 Å². The van der Waals surface area contributed by atoms with Crippen LogP contribution in [-0.4, -0.2) is 11.3 Å². The maximum atomic E-state index is 13.7. The number of carbonyl (C=O) groups excluding carboxylic acids is 1. The van der Waals surface area contributed by atoms with Crippen LogP contribution in [0.15, 0.2) is 12.1 Å². The summed E-state index contributed by atoms with van der Waals surface area (Å²) < 4.78 is 27.1. The number of ketones is 1. The Balaban J connectivity index is 2.41. The van der Waals surface area contributed by atoms with Gasteiger partial charge in [0.15, 0.2) is 17.4 Å². The SMILES string of the molecule is Cc1ccc(C(=O)C(C)(N)C2CC2)c(F)c1F. The van der Waals surface area contributed by atoms with E-state index in [1.54, 1.807) is 6.92 Å². The van der Waals surface area contributed by atoms with E-state index < -0.39 is 23.0 Å². The first-order chi connectivity index (χ1) is 7.85. The summed E-state index contributed by atoms with van der Waals surface area (Å²) in [5, 5.41) is 0. The summed E-state index contributed by atoms with van der Waals surface area (Å²) in [7, 11) is 0. The number of hydrogen-bond donors (Lipinski definition) is 1. The maximum Gasteiger partial charge on any atom is 0.185 e. The maximum absolute atomic E-state index is 13.7. The van der Waals surface area contributed by atoms with Gasteiger partial charge in [0, 0.05) is 0 Å². The number of carbonyl (C=O) groups is 1. The average molecular weight is 239 g/mol.